The Morgan fingerprint density at radius 2 is 2.08 bits per heavy atom. The summed E-state index contributed by atoms with van der Waals surface area (Å²) in [6.07, 6.45) is 3.02. The van der Waals surface area contributed by atoms with Crippen molar-refractivity contribution >= 4 is 11.7 Å². The van der Waals surface area contributed by atoms with Crippen LogP contribution >= 0.6 is 0 Å². The molecule has 0 radical (unpaired) electrons. The van der Waals surface area contributed by atoms with E-state index in [1.807, 2.05) is 11.9 Å². The van der Waals surface area contributed by atoms with Gasteiger partial charge in [0.2, 0.25) is 5.91 Å². The van der Waals surface area contributed by atoms with E-state index in [9.17, 15) is 9.59 Å². The van der Waals surface area contributed by atoms with E-state index in [2.05, 4.69) is 0 Å². The van der Waals surface area contributed by atoms with Gasteiger partial charge in [-0.2, -0.15) is 0 Å². The van der Waals surface area contributed by atoms with Gasteiger partial charge in [0.1, 0.15) is 5.78 Å². The van der Waals surface area contributed by atoms with Gasteiger partial charge in [0, 0.05) is 18.9 Å². The zero-order chi connectivity index (χ0) is 9.84. The molecule has 1 amide bonds. The van der Waals surface area contributed by atoms with Crippen molar-refractivity contribution in [3.05, 3.63) is 0 Å². The Hall–Kier alpha value is -0.900. The molecule has 1 aliphatic rings. The number of ketones is 1. The van der Waals surface area contributed by atoms with Gasteiger partial charge in [-0.3, -0.25) is 14.5 Å². The standard InChI is InChI=1S/C9H16N2O2/c1-11(6-9(10)13)7-2-4-8(12)5-3-7/h7H,2-6H2,1H3,(H2,10,13). The van der Waals surface area contributed by atoms with Crippen LogP contribution in [0.5, 0.6) is 0 Å². The first kappa shape index (κ1) is 10.2. The monoisotopic (exact) mass is 184 g/mol. The van der Waals surface area contributed by atoms with E-state index >= 15 is 0 Å². The maximum Gasteiger partial charge on any atom is 0.231 e. The van der Waals surface area contributed by atoms with Gasteiger partial charge in [-0.05, 0) is 19.9 Å². The average Bonchev–Trinajstić information content (AvgIpc) is 2.04. The zero-order valence-corrected chi connectivity index (χ0v) is 7.95. The van der Waals surface area contributed by atoms with Crippen molar-refractivity contribution in [1.29, 1.82) is 0 Å². The van der Waals surface area contributed by atoms with Crippen LogP contribution in [0.4, 0.5) is 0 Å². The molecule has 1 fully saturated rings. The van der Waals surface area contributed by atoms with Crippen LogP contribution in [-0.2, 0) is 9.59 Å². The molecule has 4 heteroatoms. The Morgan fingerprint density at radius 3 is 2.54 bits per heavy atom. The molecule has 0 aromatic heterocycles. The van der Waals surface area contributed by atoms with Crippen molar-refractivity contribution in [2.24, 2.45) is 5.73 Å². The van der Waals surface area contributed by atoms with Crippen LogP contribution in [0.25, 0.3) is 0 Å². The molecule has 1 rings (SSSR count). The van der Waals surface area contributed by atoms with Crippen LogP contribution in [0.1, 0.15) is 25.7 Å². The molecular weight excluding hydrogens is 168 g/mol. The van der Waals surface area contributed by atoms with Crippen LogP contribution in [-0.4, -0.2) is 36.2 Å². The summed E-state index contributed by atoms with van der Waals surface area (Å²) in [5.41, 5.74) is 5.08. The Labute approximate surface area is 78.1 Å². The minimum Gasteiger partial charge on any atom is -0.369 e. The molecular formula is C9H16N2O2. The lowest BCUT2D eigenvalue weighted by Gasteiger charge is -2.29. The summed E-state index contributed by atoms with van der Waals surface area (Å²) >= 11 is 0. The van der Waals surface area contributed by atoms with Crippen molar-refractivity contribution in [2.75, 3.05) is 13.6 Å². The summed E-state index contributed by atoms with van der Waals surface area (Å²) in [5.74, 6) is 0.0307. The summed E-state index contributed by atoms with van der Waals surface area (Å²) in [4.78, 5) is 23.5. The first-order chi connectivity index (χ1) is 6.09. The third kappa shape index (κ3) is 3.14. The highest BCUT2D eigenvalue weighted by Gasteiger charge is 2.22. The van der Waals surface area contributed by atoms with Crippen LogP contribution in [0.2, 0.25) is 0 Å². The minimum absolute atomic E-state index is 0.291. The minimum atomic E-state index is -0.306. The second-order valence-corrected chi connectivity index (χ2v) is 3.65. The van der Waals surface area contributed by atoms with Gasteiger partial charge in [0.15, 0.2) is 0 Å². The average molecular weight is 184 g/mol. The second kappa shape index (κ2) is 4.37. The number of rotatable bonds is 3. The fourth-order valence-electron chi connectivity index (χ4n) is 1.74. The third-order valence-electron chi connectivity index (χ3n) is 2.54. The van der Waals surface area contributed by atoms with Gasteiger partial charge in [0.25, 0.3) is 0 Å². The number of likely N-dealkylation sites (N-methyl/N-ethyl adjacent to an activating group) is 1. The Morgan fingerprint density at radius 1 is 1.54 bits per heavy atom. The maximum atomic E-state index is 10.9. The number of hydrogen-bond donors (Lipinski definition) is 1. The lowest BCUT2D eigenvalue weighted by molar-refractivity contribution is -0.121. The molecule has 2 N–H and O–H groups in total. The first-order valence-corrected chi connectivity index (χ1v) is 4.60. The van der Waals surface area contributed by atoms with Crippen molar-refractivity contribution in [3.63, 3.8) is 0 Å². The van der Waals surface area contributed by atoms with Crippen LogP contribution in [0, 0.1) is 0 Å². The topological polar surface area (TPSA) is 63.4 Å². The molecule has 13 heavy (non-hydrogen) atoms. The Balaban J connectivity index is 2.35. The molecule has 74 valence electrons. The fraction of sp³-hybridized carbons (Fsp3) is 0.778. The van der Waals surface area contributed by atoms with Gasteiger partial charge in [0.05, 0.1) is 6.54 Å². The lowest BCUT2D eigenvalue weighted by Crippen LogP contribution is -2.40. The summed E-state index contributed by atoms with van der Waals surface area (Å²) in [5, 5.41) is 0. The molecule has 0 heterocycles. The molecule has 0 aliphatic heterocycles. The quantitative estimate of drug-likeness (QED) is 0.667. The zero-order valence-electron chi connectivity index (χ0n) is 7.95. The highest BCUT2D eigenvalue weighted by Crippen LogP contribution is 2.18. The van der Waals surface area contributed by atoms with E-state index in [-0.39, 0.29) is 5.91 Å². The summed E-state index contributed by atoms with van der Waals surface area (Å²) in [7, 11) is 1.88. The molecule has 1 aliphatic carbocycles. The van der Waals surface area contributed by atoms with Crippen molar-refractivity contribution in [3.8, 4) is 0 Å². The number of carbonyl (C=O) groups is 2. The first-order valence-electron chi connectivity index (χ1n) is 4.60. The summed E-state index contributed by atoms with van der Waals surface area (Å²) in [6, 6.07) is 0.352. The highest BCUT2D eigenvalue weighted by molar-refractivity contribution is 5.79. The van der Waals surface area contributed by atoms with Gasteiger partial charge in [-0.25, -0.2) is 0 Å². The number of Topliss-reactive ketones (excluding diaryl/α,β-unsaturated/α-hetero) is 1. The summed E-state index contributed by atoms with van der Waals surface area (Å²) in [6.45, 7) is 0.291. The van der Waals surface area contributed by atoms with Gasteiger partial charge < -0.3 is 5.73 Å². The number of hydrogen-bond acceptors (Lipinski definition) is 3. The van der Waals surface area contributed by atoms with E-state index in [0.29, 0.717) is 31.2 Å². The summed E-state index contributed by atoms with van der Waals surface area (Å²) < 4.78 is 0. The number of nitrogens with two attached hydrogens (primary N) is 1. The van der Waals surface area contributed by atoms with Crippen LogP contribution < -0.4 is 5.73 Å². The van der Waals surface area contributed by atoms with Crippen molar-refractivity contribution in [1.82, 2.24) is 4.90 Å². The number of primary amides is 1. The van der Waals surface area contributed by atoms with Crippen molar-refractivity contribution < 1.29 is 9.59 Å². The smallest absolute Gasteiger partial charge is 0.231 e. The van der Waals surface area contributed by atoms with Crippen LogP contribution in [0.3, 0.4) is 0 Å². The third-order valence-corrected chi connectivity index (χ3v) is 2.54. The SMILES string of the molecule is CN(CC(N)=O)C1CCC(=O)CC1. The van der Waals surface area contributed by atoms with Gasteiger partial charge in [-0.15, -0.1) is 0 Å². The predicted molar refractivity (Wildman–Crippen MR) is 49.1 cm³/mol. The molecule has 0 bridgehead atoms. The molecule has 0 aromatic carbocycles. The van der Waals surface area contributed by atoms with E-state index in [0.717, 1.165) is 12.8 Å². The number of amides is 1. The molecule has 0 unspecified atom stereocenters. The molecule has 0 atom stereocenters. The second-order valence-electron chi connectivity index (χ2n) is 3.65. The Kier molecular flexibility index (Phi) is 3.42. The van der Waals surface area contributed by atoms with Crippen LogP contribution in [0.15, 0.2) is 0 Å². The van der Waals surface area contributed by atoms with Gasteiger partial charge in [-0.1, -0.05) is 0 Å². The van der Waals surface area contributed by atoms with E-state index in [4.69, 9.17) is 5.73 Å². The lowest BCUT2D eigenvalue weighted by atomic mass is 9.93. The molecule has 0 aromatic rings. The number of carbonyl (C=O) groups excluding carboxylic acids is 2. The molecule has 4 nitrogen and oxygen atoms in total. The van der Waals surface area contributed by atoms with E-state index < -0.39 is 0 Å². The number of nitrogens with zero attached hydrogens (tertiary/aromatic N) is 1. The van der Waals surface area contributed by atoms with Crippen molar-refractivity contribution in [2.45, 2.75) is 31.7 Å². The maximum absolute atomic E-state index is 10.9. The van der Waals surface area contributed by atoms with Gasteiger partial charge >= 0.3 is 0 Å². The fourth-order valence-corrected chi connectivity index (χ4v) is 1.74. The Bertz CT molecular complexity index is 206. The predicted octanol–water partition coefficient (Wildman–Crippen LogP) is -0.0848. The van der Waals surface area contributed by atoms with E-state index in [1.54, 1.807) is 0 Å². The molecule has 0 spiro atoms. The van der Waals surface area contributed by atoms with E-state index in [1.165, 1.54) is 0 Å². The normalized spacial score (nSPS) is 19.4. The molecule has 1 saturated carbocycles. The largest absolute Gasteiger partial charge is 0.369 e. The highest BCUT2D eigenvalue weighted by atomic mass is 16.1. The molecule has 0 saturated heterocycles.